The Morgan fingerprint density at radius 1 is 1.06 bits per heavy atom. The van der Waals surface area contributed by atoms with Crippen LogP contribution in [0, 0.1) is 18.8 Å². The topological polar surface area (TPSA) is 45.9 Å². The fourth-order valence-electron chi connectivity index (χ4n) is 5.92. The average molecular weight is 481 g/mol. The van der Waals surface area contributed by atoms with Crippen LogP contribution >= 0.6 is 0 Å². The SMILES string of the molecule is CCN(C(=O)C1CCOCC1)[C@@H](Cc1ccccc1)C1CCN(CC[C@H](C)c2ccc(C)o2)CC1. The number of amides is 1. The number of nitrogens with zero attached hydrogens (tertiary/aromatic N) is 2. The van der Waals surface area contributed by atoms with Gasteiger partial charge < -0.3 is 19.0 Å². The number of furan rings is 1. The summed E-state index contributed by atoms with van der Waals surface area (Å²) in [5.74, 6) is 3.55. The highest BCUT2D eigenvalue weighted by Gasteiger charge is 2.35. The Hall–Kier alpha value is -2.11. The number of carbonyl (C=O) groups is 1. The summed E-state index contributed by atoms with van der Waals surface area (Å²) >= 11 is 0. The Bertz CT molecular complexity index is 897. The number of likely N-dealkylation sites (tertiary alicyclic amines) is 1. The second-order valence-electron chi connectivity index (χ2n) is 10.6. The van der Waals surface area contributed by atoms with E-state index >= 15 is 0 Å². The second-order valence-corrected chi connectivity index (χ2v) is 10.6. The summed E-state index contributed by atoms with van der Waals surface area (Å²) in [5, 5.41) is 0. The molecule has 1 amide bonds. The number of piperidine rings is 1. The van der Waals surface area contributed by atoms with Gasteiger partial charge >= 0.3 is 0 Å². The summed E-state index contributed by atoms with van der Waals surface area (Å²) in [6.45, 7) is 12.0. The Morgan fingerprint density at radius 2 is 1.77 bits per heavy atom. The van der Waals surface area contributed by atoms with E-state index in [1.54, 1.807) is 0 Å². The van der Waals surface area contributed by atoms with E-state index in [1.165, 1.54) is 5.56 Å². The Labute approximate surface area is 211 Å². The van der Waals surface area contributed by atoms with Crippen LogP contribution in [0.25, 0.3) is 0 Å². The lowest BCUT2D eigenvalue weighted by atomic mass is 9.83. The molecule has 0 unspecified atom stereocenters. The summed E-state index contributed by atoms with van der Waals surface area (Å²) in [7, 11) is 0. The molecular weight excluding hydrogens is 436 g/mol. The highest BCUT2D eigenvalue weighted by atomic mass is 16.5. The number of rotatable bonds is 10. The molecule has 0 saturated carbocycles. The third-order valence-electron chi connectivity index (χ3n) is 8.18. The summed E-state index contributed by atoms with van der Waals surface area (Å²) in [4.78, 5) is 18.5. The van der Waals surface area contributed by atoms with Crippen molar-refractivity contribution in [3.63, 3.8) is 0 Å². The maximum absolute atomic E-state index is 13.6. The zero-order valence-electron chi connectivity index (χ0n) is 22.0. The van der Waals surface area contributed by atoms with Gasteiger partial charge in [-0.15, -0.1) is 0 Å². The normalized spacial score (nSPS) is 20.0. The maximum atomic E-state index is 13.6. The number of carbonyl (C=O) groups excluding carboxylic acids is 1. The standard InChI is InChI=1S/C30H44N2O3/c1-4-32(30(33)27-15-20-34-21-16-27)28(22-25-8-6-5-7-9-25)26-13-18-31(19-14-26)17-12-23(2)29-11-10-24(3)35-29/h5-11,23,26-28H,4,12-22H2,1-3H3/t23-,28-/m0/s1. The van der Waals surface area contributed by atoms with Crippen LogP contribution in [0.4, 0.5) is 0 Å². The van der Waals surface area contributed by atoms with Gasteiger partial charge in [0.25, 0.3) is 0 Å². The summed E-state index contributed by atoms with van der Waals surface area (Å²) in [6, 6.07) is 15.2. The molecule has 0 spiro atoms. The monoisotopic (exact) mass is 480 g/mol. The molecule has 0 radical (unpaired) electrons. The van der Waals surface area contributed by atoms with Gasteiger partial charge in [0, 0.05) is 37.6 Å². The van der Waals surface area contributed by atoms with E-state index in [0.717, 1.165) is 76.2 Å². The van der Waals surface area contributed by atoms with Crippen molar-refractivity contribution < 1.29 is 13.9 Å². The molecule has 2 aliphatic rings. The van der Waals surface area contributed by atoms with E-state index in [0.29, 0.717) is 31.0 Å². The van der Waals surface area contributed by atoms with Gasteiger partial charge in [0.05, 0.1) is 0 Å². The van der Waals surface area contributed by atoms with Gasteiger partial charge in [0.2, 0.25) is 5.91 Å². The summed E-state index contributed by atoms with van der Waals surface area (Å²) in [6.07, 6.45) is 6.10. The first-order chi connectivity index (χ1) is 17.0. The van der Waals surface area contributed by atoms with Crippen molar-refractivity contribution in [2.45, 2.75) is 71.3 Å². The maximum Gasteiger partial charge on any atom is 0.226 e. The highest BCUT2D eigenvalue weighted by molar-refractivity contribution is 5.79. The molecule has 5 heteroatoms. The molecule has 0 N–H and O–H groups in total. The minimum Gasteiger partial charge on any atom is -0.466 e. The van der Waals surface area contributed by atoms with Crippen molar-refractivity contribution >= 4 is 5.91 Å². The summed E-state index contributed by atoms with van der Waals surface area (Å²) in [5.41, 5.74) is 1.33. The van der Waals surface area contributed by atoms with E-state index in [2.05, 4.69) is 66.1 Å². The van der Waals surface area contributed by atoms with Gasteiger partial charge in [-0.25, -0.2) is 0 Å². The zero-order chi connectivity index (χ0) is 24.6. The first-order valence-electron chi connectivity index (χ1n) is 13.8. The number of hydrogen-bond donors (Lipinski definition) is 0. The predicted molar refractivity (Wildman–Crippen MR) is 141 cm³/mol. The number of aryl methyl sites for hydroxylation is 1. The van der Waals surface area contributed by atoms with Crippen molar-refractivity contribution in [2.24, 2.45) is 11.8 Å². The lowest BCUT2D eigenvalue weighted by Gasteiger charge is -2.42. The van der Waals surface area contributed by atoms with Crippen LogP contribution < -0.4 is 0 Å². The fraction of sp³-hybridized carbons (Fsp3) is 0.633. The third kappa shape index (κ3) is 6.98. The molecule has 0 aliphatic carbocycles. The van der Waals surface area contributed by atoms with Crippen LogP contribution in [-0.4, -0.2) is 61.1 Å². The molecule has 2 aliphatic heterocycles. The zero-order valence-corrected chi connectivity index (χ0v) is 22.0. The first-order valence-corrected chi connectivity index (χ1v) is 13.8. The van der Waals surface area contributed by atoms with Crippen molar-refractivity contribution in [2.75, 3.05) is 39.4 Å². The molecule has 2 aromatic rings. The fourth-order valence-corrected chi connectivity index (χ4v) is 5.92. The van der Waals surface area contributed by atoms with Crippen LogP contribution in [0.1, 0.15) is 69.0 Å². The molecule has 2 saturated heterocycles. The third-order valence-corrected chi connectivity index (χ3v) is 8.18. The predicted octanol–water partition coefficient (Wildman–Crippen LogP) is 5.68. The molecule has 1 aromatic carbocycles. The number of likely N-dealkylation sites (N-methyl/N-ethyl adjacent to an activating group) is 1. The molecule has 5 nitrogen and oxygen atoms in total. The van der Waals surface area contributed by atoms with Crippen LogP contribution in [0.15, 0.2) is 46.9 Å². The van der Waals surface area contributed by atoms with Crippen LogP contribution in [0.3, 0.4) is 0 Å². The first kappa shape index (κ1) is 26.0. The Kier molecular flexibility index (Phi) is 9.45. The Balaban J connectivity index is 1.38. The van der Waals surface area contributed by atoms with E-state index < -0.39 is 0 Å². The average Bonchev–Trinajstić information content (AvgIpc) is 3.35. The molecule has 2 fully saturated rings. The van der Waals surface area contributed by atoms with Crippen molar-refractivity contribution in [3.05, 3.63) is 59.5 Å². The van der Waals surface area contributed by atoms with E-state index in [1.807, 2.05) is 6.92 Å². The number of benzene rings is 1. The lowest BCUT2D eigenvalue weighted by molar-refractivity contribution is -0.142. The van der Waals surface area contributed by atoms with Crippen molar-refractivity contribution in [1.29, 1.82) is 0 Å². The van der Waals surface area contributed by atoms with Gasteiger partial charge in [0.15, 0.2) is 0 Å². The molecular formula is C30H44N2O3. The lowest BCUT2D eigenvalue weighted by Crippen LogP contribution is -2.51. The molecule has 0 bridgehead atoms. The largest absolute Gasteiger partial charge is 0.466 e. The minimum atomic E-state index is 0.119. The minimum absolute atomic E-state index is 0.119. The van der Waals surface area contributed by atoms with Crippen molar-refractivity contribution in [3.8, 4) is 0 Å². The van der Waals surface area contributed by atoms with Gasteiger partial charge in [0.1, 0.15) is 11.5 Å². The van der Waals surface area contributed by atoms with Crippen LogP contribution in [-0.2, 0) is 16.0 Å². The van der Waals surface area contributed by atoms with Gasteiger partial charge in [-0.2, -0.15) is 0 Å². The molecule has 3 heterocycles. The second kappa shape index (κ2) is 12.7. The number of hydrogen-bond acceptors (Lipinski definition) is 4. The quantitative estimate of drug-likeness (QED) is 0.439. The summed E-state index contributed by atoms with van der Waals surface area (Å²) < 4.78 is 11.4. The number of ether oxygens (including phenoxy) is 1. The molecule has 192 valence electrons. The van der Waals surface area contributed by atoms with Gasteiger partial charge in [-0.1, -0.05) is 37.3 Å². The Morgan fingerprint density at radius 3 is 2.40 bits per heavy atom. The van der Waals surface area contributed by atoms with Gasteiger partial charge in [-0.3, -0.25) is 4.79 Å². The molecule has 4 rings (SSSR count). The molecule has 2 atom stereocenters. The van der Waals surface area contributed by atoms with Crippen molar-refractivity contribution in [1.82, 2.24) is 9.80 Å². The van der Waals surface area contributed by atoms with Crippen LogP contribution in [0.5, 0.6) is 0 Å². The molecule has 35 heavy (non-hydrogen) atoms. The van der Waals surface area contributed by atoms with Gasteiger partial charge in [-0.05, 0) is 95.6 Å². The van der Waals surface area contributed by atoms with E-state index in [-0.39, 0.29) is 12.0 Å². The highest BCUT2D eigenvalue weighted by Crippen LogP contribution is 2.30. The van der Waals surface area contributed by atoms with E-state index in [4.69, 9.17) is 9.15 Å². The van der Waals surface area contributed by atoms with Crippen LogP contribution in [0.2, 0.25) is 0 Å². The molecule has 1 aromatic heterocycles. The smallest absolute Gasteiger partial charge is 0.226 e. The van der Waals surface area contributed by atoms with E-state index in [9.17, 15) is 4.79 Å².